The first-order valence-electron chi connectivity index (χ1n) is 6.29. The number of nitrogen functional groups attached to an aromatic ring is 1. The molecular weight excluding hydrogens is 262 g/mol. The maximum Gasteiger partial charge on any atom is 0.253 e. The molecule has 0 bridgehead atoms. The molecule has 0 aliphatic heterocycles. The van der Waals surface area contributed by atoms with Crippen molar-refractivity contribution < 1.29 is 4.79 Å². The number of nitrogens with one attached hydrogen (secondary N) is 2. The molecule has 19 heavy (non-hydrogen) atoms. The van der Waals surface area contributed by atoms with Gasteiger partial charge in [0.25, 0.3) is 5.91 Å². The van der Waals surface area contributed by atoms with E-state index in [-0.39, 0.29) is 22.8 Å². The third kappa shape index (κ3) is 2.19. The summed E-state index contributed by atoms with van der Waals surface area (Å²) in [6.07, 6.45) is 0. The molecule has 1 amide bonds. The predicted octanol–water partition coefficient (Wildman–Crippen LogP) is 2.79. The van der Waals surface area contributed by atoms with Gasteiger partial charge in [0, 0.05) is 11.1 Å². The molecule has 0 atom stereocenters. The summed E-state index contributed by atoms with van der Waals surface area (Å²) in [5.74, 6) is 5.26. The van der Waals surface area contributed by atoms with Crippen LogP contribution in [0.15, 0.2) is 18.2 Å². The van der Waals surface area contributed by atoms with Crippen LogP contribution < -0.4 is 16.6 Å². The molecular formula is C14H20ClN3O. The Morgan fingerprint density at radius 3 is 2.32 bits per heavy atom. The normalized spacial score (nSPS) is 19.9. The van der Waals surface area contributed by atoms with Crippen molar-refractivity contribution in [3.05, 3.63) is 28.8 Å². The van der Waals surface area contributed by atoms with Crippen LogP contribution >= 0.6 is 11.6 Å². The molecule has 4 N–H and O–H groups in total. The van der Waals surface area contributed by atoms with Crippen molar-refractivity contribution in [2.24, 2.45) is 16.7 Å². The minimum Gasteiger partial charge on any atom is -0.348 e. The minimum atomic E-state index is -0.154. The summed E-state index contributed by atoms with van der Waals surface area (Å²) in [5.41, 5.74) is 3.74. The summed E-state index contributed by atoms with van der Waals surface area (Å²) in [5, 5.41) is 3.57. The van der Waals surface area contributed by atoms with Crippen molar-refractivity contribution in [3.63, 3.8) is 0 Å². The van der Waals surface area contributed by atoms with Crippen LogP contribution in [0.1, 0.15) is 38.1 Å². The highest BCUT2D eigenvalue weighted by Crippen LogP contribution is 2.62. The molecule has 0 saturated heterocycles. The fourth-order valence-electron chi connectivity index (χ4n) is 2.60. The summed E-state index contributed by atoms with van der Waals surface area (Å²) >= 11 is 5.93. The van der Waals surface area contributed by atoms with Gasteiger partial charge in [0.2, 0.25) is 0 Å². The summed E-state index contributed by atoms with van der Waals surface area (Å²) < 4.78 is 0. The molecule has 0 spiro atoms. The number of hydrogen-bond acceptors (Lipinski definition) is 3. The number of hydrazine groups is 1. The smallest absolute Gasteiger partial charge is 0.253 e. The Balaban J connectivity index is 2.20. The number of anilines is 1. The van der Waals surface area contributed by atoms with Crippen molar-refractivity contribution in [1.29, 1.82) is 0 Å². The second-order valence-electron chi connectivity index (χ2n) is 6.18. The van der Waals surface area contributed by atoms with Crippen LogP contribution in [0.4, 0.5) is 5.69 Å². The maximum atomic E-state index is 12.3. The number of halogens is 1. The van der Waals surface area contributed by atoms with Crippen molar-refractivity contribution in [1.82, 2.24) is 5.32 Å². The monoisotopic (exact) mass is 281 g/mol. The quantitative estimate of drug-likeness (QED) is 0.589. The van der Waals surface area contributed by atoms with Crippen molar-refractivity contribution >= 4 is 23.2 Å². The number of nitrogens with two attached hydrogens (primary N) is 1. The molecule has 0 radical (unpaired) electrons. The van der Waals surface area contributed by atoms with Gasteiger partial charge in [-0.05, 0) is 29.0 Å². The number of carbonyl (C=O) groups excluding carboxylic acids is 1. The fourth-order valence-corrected chi connectivity index (χ4v) is 2.77. The van der Waals surface area contributed by atoms with Gasteiger partial charge >= 0.3 is 0 Å². The van der Waals surface area contributed by atoms with E-state index in [0.717, 1.165) is 0 Å². The van der Waals surface area contributed by atoms with Gasteiger partial charge < -0.3 is 10.7 Å². The van der Waals surface area contributed by atoms with Crippen molar-refractivity contribution in [2.75, 3.05) is 5.43 Å². The van der Waals surface area contributed by atoms with E-state index >= 15 is 0 Å². The van der Waals surface area contributed by atoms with Gasteiger partial charge in [-0.2, -0.15) is 0 Å². The fraction of sp³-hybridized carbons (Fsp3) is 0.500. The van der Waals surface area contributed by atoms with E-state index < -0.39 is 0 Å². The summed E-state index contributed by atoms with van der Waals surface area (Å²) in [6.45, 7) is 8.60. The Hall–Kier alpha value is -1.26. The Morgan fingerprint density at radius 2 is 1.84 bits per heavy atom. The number of benzene rings is 1. The lowest BCUT2D eigenvalue weighted by Crippen LogP contribution is -2.30. The Labute approximate surface area is 118 Å². The summed E-state index contributed by atoms with van der Waals surface area (Å²) in [7, 11) is 0. The average molecular weight is 282 g/mol. The molecule has 2 rings (SSSR count). The first-order chi connectivity index (χ1) is 8.71. The first-order valence-corrected chi connectivity index (χ1v) is 6.66. The molecule has 1 aromatic rings. The van der Waals surface area contributed by atoms with Crippen molar-refractivity contribution in [3.8, 4) is 0 Å². The van der Waals surface area contributed by atoms with Crippen LogP contribution in [0.3, 0.4) is 0 Å². The predicted molar refractivity (Wildman–Crippen MR) is 78.1 cm³/mol. The van der Waals surface area contributed by atoms with Gasteiger partial charge in [0.15, 0.2) is 0 Å². The van der Waals surface area contributed by atoms with E-state index in [2.05, 4.69) is 38.4 Å². The van der Waals surface area contributed by atoms with E-state index in [0.29, 0.717) is 16.3 Å². The Bertz CT molecular complexity index is 511. The second-order valence-corrected chi connectivity index (χ2v) is 6.62. The van der Waals surface area contributed by atoms with E-state index in [9.17, 15) is 4.79 Å². The largest absolute Gasteiger partial charge is 0.348 e. The molecule has 1 saturated carbocycles. The van der Waals surface area contributed by atoms with E-state index in [1.165, 1.54) is 0 Å². The Morgan fingerprint density at radius 1 is 1.26 bits per heavy atom. The SMILES string of the molecule is CC1(C)C(NC(=O)c2cc(Cl)ccc2NN)C1(C)C. The third-order valence-corrected chi connectivity index (χ3v) is 4.91. The van der Waals surface area contributed by atoms with Crippen LogP contribution in [0, 0.1) is 10.8 Å². The molecule has 1 aromatic carbocycles. The lowest BCUT2D eigenvalue weighted by molar-refractivity contribution is 0.0944. The third-order valence-electron chi connectivity index (χ3n) is 4.68. The van der Waals surface area contributed by atoms with E-state index in [1.54, 1.807) is 18.2 Å². The first kappa shape index (κ1) is 14.2. The van der Waals surface area contributed by atoms with Gasteiger partial charge in [-0.1, -0.05) is 39.3 Å². The van der Waals surface area contributed by atoms with Gasteiger partial charge in [0.05, 0.1) is 11.3 Å². The lowest BCUT2D eigenvalue weighted by atomic mass is 10.0. The minimum absolute atomic E-state index is 0.0948. The molecule has 0 unspecified atom stereocenters. The average Bonchev–Trinajstić information content (AvgIpc) is 2.71. The van der Waals surface area contributed by atoms with Crippen LogP contribution in [0.2, 0.25) is 5.02 Å². The molecule has 1 aliphatic carbocycles. The number of rotatable bonds is 3. The molecule has 104 valence electrons. The van der Waals surface area contributed by atoms with Crippen LogP contribution in [-0.2, 0) is 0 Å². The highest BCUT2D eigenvalue weighted by atomic mass is 35.5. The number of hydrogen-bond donors (Lipinski definition) is 3. The van der Waals surface area contributed by atoms with Gasteiger partial charge in [-0.3, -0.25) is 10.6 Å². The highest BCUT2D eigenvalue weighted by Gasteiger charge is 2.65. The van der Waals surface area contributed by atoms with Crippen LogP contribution in [-0.4, -0.2) is 11.9 Å². The van der Waals surface area contributed by atoms with Crippen LogP contribution in [0.5, 0.6) is 0 Å². The summed E-state index contributed by atoms with van der Waals surface area (Å²) in [6, 6.07) is 5.16. The zero-order valence-corrected chi connectivity index (χ0v) is 12.4. The molecule has 5 heteroatoms. The Kier molecular flexibility index (Phi) is 3.27. The lowest BCUT2D eigenvalue weighted by Gasteiger charge is -2.11. The number of carbonyl (C=O) groups is 1. The highest BCUT2D eigenvalue weighted by molar-refractivity contribution is 6.31. The maximum absolute atomic E-state index is 12.3. The van der Waals surface area contributed by atoms with Gasteiger partial charge in [0.1, 0.15) is 0 Å². The van der Waals surface area contributed by atoms with Gasteiger partial charge in [-0.15, -0.1) is 0 Å². The van der Waals surface area contributed by atoms with Crippen LogP contribution in [0.25, 0.3) is 0 Å². The molecule has 0 aromatic heterocycles. The molecule has 4 nitrogen and oxygen atoms in total. The van der Waals surface area contributed by atoms with Gasteiger partial charge in [-0.25, -0.2) is 0 Å². The topological polar surface area (TPSA) is 67.2 Å². The van der Waals surface area contributed by atoms with Crippen molar-refractivity contribution in [2.45, 2.75) is 33.7 Å². The molecule has 1 aliphatic rings. The zero-order chi connectivity index (χ0) is 14.4. The number of amides is 1. The van der Waals surface area contributed by atoms with E-state index in [1.807, 2.05) is 0 Å². The summed E-state index contributed by atoms with van der Waals surface area (Å²) in [4.78, 5) is 12.3. The van der Waals surface area contributed by atoms with E-state index in [4.69, 9.17) is 17.4 Å². The molecule has 0 heterocycles. The molecule has 1 fully saturated rings. The second kappa shape index (κ2) is 4.39. The standard InChI is InChI=1S/C14H20ClN3O/c1-13(2)12(14(13,3)4)17-11(19)9-7-8(15)5-6-10(9)18-16/h5-7,12,18H,16H2,1-4H3,(H,17,19). The zero-order valence-electron chi connectivity index (χ0n) is 11.7.